The molecule has 1 unspecified atom stereocenters. The normalized spacial score (nSPS) is 12.7. The zero-order valence-corrected chi connectivity index (χ0v) is 11.7. The van der Waals surface area contributed by atoms with E-state index >= 15 is 0 Å². The zero-order valence-electron chi connectivity index (χ0n) is 10.8. The van der Waals surface area contributed by atoms with Crippen LogP contribution in [-0.2, 0) is 6.42 Å². The van der Waals surface area contributed by atoms with Crippen molar-refractivity contribution in [2.24, 2.45) is 5.84 Å². The Morgan fingerprint density at radius 1 is 1.26 bits per heavy atom. The summed E-state index contributed by atoms with van der Waals surface area (Å²) in [6.45, 7) is 3.64. The lowest BCUT2D eigenvalue weighted by atomic mass is 10.0. The lowest BCUT2D eigenvalue weighted by Gasteiger charge is -2.17. The second kappa shape index (κ2) is 5.77. The van der Waals surface area contributed by atoms with Crippen LogP contribution in [0.5, 0.6) is 0 Å². The highest BCUT2D eigenvalue weighted by atomic mass is 32.1. The van der Waals surface area contributed by atoms with Crippen LogP contribution in [0.3, 0.4) is 0 Å². The van der Waals surface area contributed by atoms with Crippen molar-refractivity contribution in [3.05, 3.63) is 56.8 Å². The van der Waals surface area contributed by atoms with Crippen molar-refractivity contribution in [1.29, 1.82) is 0 Å². The Morgan fingerprint density at radius 2 is 2.00 bits per heavy atom. The molecule has 1 aromatic carbocycles. The Bertz CT molecular complexity index is 581. The molecule has 0 radical (unpaired) electrons. The Labute approximate surface area is 115 Å². The number of hydrogen-bond acceptors (Lipinski definition) is 3. The van der Waals surface area contributed by atoms with Crippen LogP contribution in [0.25, 0.3) is 0 Å². The third-order valence-corrected chi connectivity index (χ3v) is 4.38. The lowest BCUT2D eigenvalue weighted by molar-refractivity contribution is 0.509. The number of aryl methyl sites for hydroxylation is 2. The fraction of sp³-hybridized carbons (Fsp3) is 0.286. The van der Waals surface area contributed by atoms with Crippen LogP contribution in [0.2, 0.25) is 0 Å². The molecule has 0 aliphatic carbocycles. The summed E-state index contributed by atoms with van der Waals surface area (Å²) >= 11 is 1.51. The molecule has 102 valence electrons. The molecule has 0 spiro atoms. The first-order valence-electron chi connectivity index (χ1n) is 6.07. The Hall–Kier alpha value is -1.30. The van der Waals surface area contributed by atoms with Crippen LogP contribution in [0.1, 0.15) is 33.8 Å². The molecule has 2 aromatic rings. The molecule has 5 heteroatoms. The molecule has 0 saturated heterocycles. The molecule has 1 atom stereocenters. The van der Waals surface area contributed by atoms with Gasteiger partial charge < -0.3 is 0 Å². The fourth-order valence-electron chi connectivity index (χ4n) is 1.99. The number of thiophene rings is 1. The van der Waals surface area contributed by atoms with E-state index in [1.54, 1.807) is 6.92 Å². The summed E-state index contributed by atoms with van der Waals surface area (Å²) < 4.78 is 28.1. The predicted octanol–water partition coefficient (Wildman–Crippen LogP) is 3.45. The van der Waals surface area contributed by atoms with Crippen LogP contribution >= 0.6 is 11.3 Å². The smallest absolute Gasteiger partial charge is 0.134 e. The summed E-state index contributed by atoms with van der Waals surface area (Å²) in [5, 5.41) is 0. The van der Waals surface area contributed by atoms with E-state index in [9.17, 15) is 8.78 Å². The summed E-state index contributed by atoms with van der Waals surface area (Å²) in [7, 11) is 0. The van der Waals surface area contributed by atoms with Crippen molar-refractivity contribution in [2.75, 3.05) is 0 Å². The second-order valence-corrected chi connectivity index (χ2v) is 5.55. The van der Waals surface area contributed by atoms with E-state index in [0.717, 1.165) is 16.2 Å². The van der Waals surface area contributed by atoms with Gasteiger partial charge in [0.25, 0.3) is 0 Å². The third-order valence-electron chi connectivity index (χ3n) is 3.09. The number of hydrazine groups is 1. The predicted molar refractivity (Wildman–Crippen MR) is 74.0 cm³/mol. The van der Waals surface area contributed by atoms with Gasteiger partial charge in [0.15, 0.2) is 0 Å². The average Bonchev–Trinajstić information content (AvgIpc) is 2.87. The summed E-state index contributed by atoms with van der Waals surface area (Å²) in [6.07, 6.45) is 0.890. The Morgan fingerprint density at radius 3 is 2.58 bits per heavy atom. The third kappa shape index (κ3) is 2.68. The molecule has 2 nitrogen and oxygen atoms in total. The monoisotopic (exact) mass is 282 g/mol. The highest BCUT2D eigenvalue weighted by Crippen LogP contribution is 2.32. The maximum Gasteiger partial charge on any atom is 0.134 e. The molecule has 0 bridgehead atoms. The van der Waals surface area contributed by atoms with Gasteiger partial charge in [-0.15, -0.1) is 11.3 Å². The van der Waals surface area contributed by atoms with Gasteiger partial charge in [0.1, 0.15) is 11.6 Å². The molecule has 19 heavy (non-hydrogen) atoms. The van der Waals surface area contributed by atoms with E-state index < -0.39 is 17.7 Å². The van der Waals surface area contributed by atoms with Crippen molar-refractivity contribution in [1.82, 2.24) is 5.43 Å². The topological polar surface area (TPSA) is 38.0 Å². The summed E-state index contributed by atoms with van der Waals surface area (Å²) in [5.41, 5.74) is 2.90. The Balaban J connectivity index is 2.50. The Kier molecular flexibility index (Phi) is 4.29. The van der Waals surface area contributed by atoms with Gasteiger partial charge in [-0.1, -0.05) is 13.0 Å². The van der Waals surface area contributed by atoms with E-state index in [2.05, 4.69) is 5.43 Å². The van der Waals surface area contributed by atoms with Crippen LogP contribution in [0, 0.1) is 18.6 Å². The number of rotatable bonds is 4. The van der Waals surface area contributed by atoms with Crippen molar-refractivity contribution in [3.8, 4) is 0 Å². The van der Waals surface area contributed by atoms with Gasteiger partial charge in [0, 0.05) is 15.3 Å². The molecule has 0 saturated carbocycles. The number of hydrogen-bond donors (Lipinski definition) is 2. The molecule has 2 rings (SSSR count). The van der Waals surface area contributed by atoms with Crippen molar-refractivity contribution >= 4 is 11.3 Å². The largest absolute Gasteiger partial charge is 0.271 e. The molecule has 3 N–H and O–H groups in total. The number of nitrogens with one attached hydrogen (secondary N) is 1. The minimum atomic E-state index is -0.662. The highest BCUT2D eigenvalue weighted by molar-refractivity contribution is 7.12. The summed E-state index contributed by atoms with van der Waals surface area (Å²) in [6, 6.07) is 5.84. The van der Waals surface area contributed by atoms with E-state index in [1.807, 2.05) is 19.1 Å². The lowest BCUT2D eigenvalue weighted by Crippen LogP contribution is -2.30. The van der Waals surface area contributed by atoms with E-state index in [4.69, 9.17) is 5.84 Å². The van der Waals surface area contributed by atoms with E-state index in [0.29, 0.717) is 5.56 Å². The number of nitrogens with two attached hydrogens (primary N) is 1. The second-order valence-electron chi connectivity index (χ2n) is 4.35. The molecule has 0 aliphatic heterocycles. The first kappa shape index (κ1) is 14.1. The highest BCUT2D eigenvalue weighted by Gasteiger charge is 2.23. The molecule has 1 heterocycles. The standard InChI is InChI=1S/C14H16F2N2S/c1-3-9-5-7-11(19-9)14(18-17)12-10(15)6-4-8(2)13(12)16/h4-7,14,18H,3,17H2,1-2H3. The minimum Gasteiger partial charge on any atom is -0.271 e. The van der Waals surface area contributed by atoms with E-state index in [-0.39, 0.29) is 5.56 Å². The first-order valence-corrected chi connectivity index (χ1v) is 6.89. The molecule has 1 aromatic heterocycles. The van der Waals surface area contributed by atoms with Gasteiger partial charge >= 0.3 is 0 Å². The minimum absolute atomic E-state index is 0.0213. The summed E-state index contributed by atoms with van der Waals surface area (Å²) in [4.78, 5) is 1.96. The van der Waals surface area contributed by atoms with E-state index in [1.165, 1.54) is 23.5 Å². The van der Waals surface area contributed by atoms with Crippen LogP contribution in [-0.4, -0.2) is 0 Å². The quantitative estimate of drug-likeness (QED) is 0.666. The van der Waals surface area contributed by atoms with Gasteiger partial charge in [0.05, 0.1) is 6.04 Å². The molecule has 0 amide bonds. The zero-order chi connectivity index (χ0) is 14.0. The molecule has 0 aliphatic rings. The van der Waals surface area contributed by atoms with Crippen molar-refractivity contribution in [2.45, 2.75) is 26.3 Å². The van der Waals surface area contributed by atoms with Gasteiger partial charge in [-0.3, -0.25) is 5.84 Å². The van der Waals surface area contributed by atoms with Crippen LogP contribution in [0.15, 0.2) is 24.3 Å². The van der Waals surface area contributed by atoms with Gasteiger partial charge in [-0.2, -0.15) is 0 Å². The molecular weight excluding hydrogens is 266 g/mol. The molecular formula is C14H16F2N2S. The maximum atomic E-state index is 14.1. The fourth-order valence-corrected chi connectivity index (χ4v) is 3.01. The van der Waals surface area contributed by atoms with Crippen molar-refractivity contribution in [3.63, 3.8) is 0 Å². The average molecular weight is 282 g/mol. The van der Waals surface area contributed by atoms with Gasteiger partial charge in [-0.25, -0.2) is 14.2 Å². The number of benzene rings is 1. The van der Waals surface area contributed by atoms with Crippen LogP contribution < -0.4 is 11.3 Å². The van der Waals surface area contributed by atoms with Gasteiger partial charge in [-0.05, 0) is 37.1 Å². The first-order chi connectivity index (χ1) is 9.08. The molecule has 0 fully saturated rings. The SMILES string of the molecule is CCc1ccc(C(NN)c2c(F)ccc(C)c2F)s1. The van der Waals surface area contributed by atoms with Crippen LogP contribution in [0.4, 0.5) is 8.78 Å². The van der Waals surface area contributed by atoms with Gasteiger partial charge in [0.2, 0.25) is 0 Å². The number of halogens is 2. The van der Waals surface area contributed by atoms with Crippen molar-refractivity contribution < 1.29 is 8.78 Å². The maximum absolute atomic E-state index is 14.1. The summed E-state index contributed by atoms with van der Waals surface area (Å²) in [5.74, 6) is 4.37.